The van der Waals surface area contributed by atoms with Crippen molar-refractivity contribution in [1.29, 1.82) is 0 Å². The molecule has 2 aliphatic carbocycles. The summed E-state index contributed by atoms with van der Waals surface area (Å²) >= 11 is 0. The Kier molecular flexibility index (Phi) is 2.66. The van der Waals surface area contributed by atoms with Crippen LogP contribution in [0.3, 0.4) is 0 Å². The molecular weight excluding hydrogens is 338 g/mol. The Balaban J connectivity index is 1.14. The van der Waals surface area contributed by atoms with Crippen molar-refractivity contribution < 1.29 is 9.15 Å². The summed E-state index contributed by atoms with van der Waals surface area (Å²) in [6, 6.07) is 7.18. The molecule has 0 bridgehead atoms. The van der Waals surface area contributed by atoms with Gasteiger partial charge in [0.2, 0.25) is 5.88 Å². The molecular formula is C22H25N3O2. The van der Waals surface area contributed by atoms with Gasteiger partial charge in [0.25, 0.3) is 0 Å². The fourth-order valence-corrected chi connectivity index (χ4v) is 6.02. The smallest absolute Gasteiger partial charge is 0.217 e. The molecule has 2 spiro atoms. The molecule has 2 saturated carbocycles. The zero-order chi connectivity index (χ0) is 17.8. The molecule has 5 heteroatoms. The van der Waals surface area contributed by atoms with Crippen molar-refractivity contribution in [2.45, 2.75) is 55.8 Å². The molecule has 140 valence electrons. The SMILES string of the molecule is CN(Cc1ccc(-c2cnc3c(c2)C[C@@]2(CN4CCC45CC52)O3)o1)C1CC1. The summed E-state index contributed by atoms with van der Waals surface area (Å²) in [5.74, 6) is 3.52. The van der Waals surface area contributed by atoms with Gasteiger partial charge < -0.3 is 9.15 Å². The molecule has 2 unspecified atom stereocenters. The van der Waals surface area contributed by atoms with Crippen LogP contribution in [0.5, 0.6) is 5.88 Å². The van der Waals surface area contributed by atoms with Crippen molar-refractivity contribution in [2.24, 2.45) is 5.92 Å². The van der Waals surface area contributed by atoms with Crippen LogP contribution in [0.15, 0.2) is 28.8 Å². The molecule has 0 aromatic carbocycles. The summed E-state index contributed by atoms with van der Waals surface area (Å²) in [7, 11) is 2.18. The number of pyridine rings is 1. The molecule has 5 aliphatic rings. The highest BCUT2D eigenvalue weighted by molar-refractivity contribution is 5.59. The van der Waals surface area contributed by atoms with E-state index in [1.807, 2.05) is 6.20 Å². The van der Waals surface area contributed by atoms with Gasteiger partial charge in [-0.2, -0.15) is 0 Å². The predicted molar refractivity (Wildman–Crippen MR) is 101 cm³/mol. The maximum atomic E-state index is 6.48. The molecule has 0 N–H and O–H groups in total. The Morgan fingerprint density at radius 2 is 2.26 bits per heavy atom. The average molecular weight is 363 g/mol. The molecule has 2 aromatic rings. The topological polar surface area (TPSA) is 41.7 Å². The van der Waals surface area contributed by atoms with Crippen molar-refractivity contribution in [1.82, 2.24) is 14.8 Å². The predicted octanol–water partition coefficient (Wildman–Crippen LogP) is 3.09. The van der Waals surface area contributed by atoms with Crippen LogP contribution in [0.1, 0.15) is 37.0 Å². The van der Waals surface area contributed by atoms with E-state index in [1.165, 1.54) is 37.8 Å². The molecule has 3 aliphatic heterocycles. The van der Waals surface area contributed by atoms with E-state index >= 15 is 0 Å². The third kappa shape index (κ3) is 1.99. The number of hydrogen-bond donors (Lipinski definition) is 0. The van der Waals surface area contributed by atoms with Gasteiger partial charge in [-0.05, 0) is 50.9 Å². The Bertz CT molecular complexity index is 951. The second-order valence-electron chi connectivity index (χ2n) is 9.48. The highest BCUT2D eigenvalue weighted by Gasteiger charge is 2.77. The van der Waals surface area contributed by atoms with Gasteiger partial charge in [0.1, 0.15) is 17.1 Å². The molecule has 0 amide bonds. The summed E-state index contributed by atoms with van der Waals surface area (Å²) < 4.78 is 12.6. The lowest BCUT2D eigenvalue weighted by Crippen LogP contribution is -2.49. The first-order chi connectivity index (χ1) is 13.2. The van der Waals surface area contributed by atoms with E-state index in [4.69, 9.17) is 9.15 Å². The van der Waals surface area contributed by atoms with Crippen LogP contribution in [0, 0.1) is 5.92 Å². The number of fused-ring (bicyclic) bond motifs is 2. The van der Waals surface area contributed by atoms with Crippen LogP contribution < -0.4 is 4.74 Å². The largest absolute Gasteiger partial charge is 0.469 e. The molecule has 5 heterocycles. The van der Waals surface area contributed by atoms with E-state index in [9.17, 15) is 0 Å². The van der Waals surface area contributed by atoms with Crippen molar-refractivity contribution in [3.63, 3.8) is 0 Å². The molecule has 2 saturated heterocycles. The third-order valence-corrected chi connectivity index (χ3v) is 7.82. The maximum Gasteiger partial charge on any atom is 0.217 e. The maximum absolute atomic E-state index is 6.48. The minimum atomic E-state index is -0.00818. The lowest BCUT2D eigenvalue weighted by atomic mass is 9.92. The van der Waals surface area contributed by atoms with E-state index < -0.39 is 0 Å². The van der Waals surface area contributed by atoms with E-state index in [-0.39, 0.29) is 5.60 Å². The molecule has 4 fully saturated rings. The quantitative estimate of drug-likeness (QED) is 0.835. The fourth-order valence-electron chi connectivity index (χ4n) is 6.02. The van der Waals surface area contributed by atoms with E-state index in [2.05, 4.69) is 40.0 Å². The van der Waals surface area contributed by atoms with Gasteiger partial charge in [-0.3, -0.25) is 9.80 Å². The number of piperidine rings is 1. The van der Waals surface area contributed by atoms with Crippen LogP contribution in [-0.2, 0) is 13.0 Å². The highest BCUT2D eigenvalue weighted by Crippen LogP contribution is 2.68. The molecule has 5 nitrogen and oxygen atoms in total. The second-order valence-corrected chi connectivity index (χ2v) is 9.48. The summed E-state index contributed by atoms with van der Waals surface area (Å²) in [6.45, 7) is 3.22. The van der Waals surface area contributed by atoms with E-state index in [0.29, 0.717) is 11.5 Å². The van der Waals surface area contributed by atoms with Crippen molar-refractivity contribution in [3.8, 4) is 17.2 Å². The lowest BCUT2D eigenvalue weighted by Gasteiger charge is -2.39. The Labute approximate surface area is 159 Å². The van der Waals surface area contributed by atoms with Crippen LogP contribution in [0.4, 0.5) is 0 Å². The zero-order valence-electron chi connectivity index (χ0n) is 15.8. The molecule has 3 atom stereocenters. The first-order valence-electron chi connectivity index (χ1n) is 10.4. The first kappa shape index (κ1) is 15.1. The lowest BCUT2D eigenvalue weighted by molar-refractivity contribution is 0.0450. The minimum absolute atomic E-state index is 0.00818. The third-order valence-electron chi connectivity index (χ3n) is 7.82. The second kappa shape index (κ2) is 4.76. The summed E-state index contributed by atoms with van der Waals surface area (Å²) in [4.78, 5) is 9.71. The summed E-state index contributed by atoms with van der Waals surface area (Å²) in [5.41, 5.74) is 2.83. The van der Waals surface area contributed by atoms with Gasteiger partial charge in [0.15, 0.2) is 0 Å². The Morgan fingerprint density at radius 1 is 1.33 bits per heavy atom. The number of furan rings is 1. The van der Waals surface area contributed by atoms with Crippen molar-refractivity contribution >= 4 is 0 Å². The number of aromatic nitrogens is 1. The number of nitrogens with zero attached hydrogens (tertiary/aromatic N) is 3. The minimum Gasteiger partial charge on any atom is -0.469 e. The van der Waals surface area contributed by atoms with Crippen molar-refractivity contribution in [3.05, 3.63) is 35.7 Å². The number of hydrogen-bond acceptors (Lipinski definition) is 5. The normalized spacial score (nSPS) is 35.7. The van der Waals surface area contributed by atoms with Crippen LogP contribution in [0.2, 0.25) is 0 Å². The average Bonchev–Trinajstić information content (AvgIpc) is 3.55. The van der Waals surface area contributed by atoms with Crippen LogP contribution in [-0.4, -0.2) is 52.1 Å². The van der Waals surface area contributed by atoms with E-state index in [0.717, 1.165) is 48.5 Å². The van der Waals surface area contributed by atoms with Crippen LogP contribution >= 0.6 is 0 Å². The van der Waals surface area contributed by atoms with Gasteiger partial charge in [-0.1, -0.05) is 0 Å². The van der Waals surface area contributed by atoms with Gasteiger partial charge in [-0.15, -0.1) is 0 Å². The number of ether oxygens (including phenoxy) is 1. The monoisotopic (exact) mass is 363 g/mol. The van der Waals surface area contributed by atoms with Gasteiger partial charge in [-0.25, -0.2) is 4.98 Å². The van der Waals surface area contributed by atoms with Crippen LogP contribution in [0.25, 0.3) is 11.3 Å². The molecule has 0 radical (unpaired) electrons. The number of rotatable bonds is 4. The first-order valence-corrected chi connectivity index (χ1v) is 10.4. The van der Waals surface area contributed by atoms with Crippen molar-refractivity contribution in [2.75, 3.05) is 20.1 Å². The van der Waals surface area contributed by atoms with Gasteiger partial charge in [0.05, 0.1) is 6.54 Å². The summed E-state index contributed by atoms with van der Waals surface area (Å²) in [5, 5.41) is 0. The Hall–Kier alpha value is -1.85. The van der Waals surface area contributed by atoms with Gasteiger partial charge in [0, 0.05) is 54.3 Å². The summed E-state index contributed by atoms with van der Waals surface area (Å²) in [6.07, 6.45) is 8.24. The molecule has 2 aromatic heterocycles. The highest BCUT2D eigenvalue weighted by atomic mass is 16.5. The van der Waals surface area contributed by atoms with E-state index in [1.54, 1.807) is 0 Å². The zero-order valence-corrected chi connectivity index (χ0v) is 15.8. The van der Waals surface area contributed by atoms with Gasteiger partial charge >= 0.3 is 0 Å². The Morgan fingerprint density at radius 3 is 2.96 bits per heavy atom. The molecule has 7 rings (SSSR count). The standard InChI is InChI=1S/C22H25N3O2/c1-24(16-2-3-16)12-17-4-5-18(26-17)15-8-14-9-22(27-20(14)23-11-15)13-25-7-6-21(25)10-19(21)22/h4-5,8,11,16,19H,2-3,6-7,9-10,12-13H2,1H3/t19?,21?,22-/m0/s1. The molecule has 27 heavy (non-hydrogen) atoms. The fraction of sp³-hybridized carbons (Fsp3) is 0.591.